The molecule has 6 rings (SSSR count). The molecule has 152 valence electrons. The molecule has 10 heteroatoms. The Hall–Kier alpha value is -3.56. The molecule has 30 heavy (non-hydrogen) atoms. The lowest BCUT2D eigenvalue weighted by atomic mass is 10.2. The predicted molar refractivity (Wildman–Crippen MR) is 107 cm³/mol. The van der Waals surface area contributed by atoms with E-state index in [2.05, 4.69) is 43.0 Å². The molecule has 2 fully saturated rings. The van der Waals surface area contributed by atoms with E-state index in [1.807, 2.05) is 12.3 Å². The van der Waals surface area contributed by atoms with Gasteiger partial charge in [0, 0.05) is 32.3 Å². The molecule has 4 aromatic rings. The Morgan fingerprint density at radius 3 is 2.77 bits per heavy atom. The Kier molecular flexibility index (Phi) is 3.59. The monoisotopic (exact) mass is 404 g/mol. The van der Waals surface area contributed by atoms with E-state index in [0.717, 1.165) is 24.7 Å². The number of hydrogen-bond donors (Lipinski definition) is 0. The maximum Gasteiger partial charge on any atom is 0.280 e. The van der Waals surface area contributed by atoms with Crippen molar-refractivity contribution in [3.05, 3.63) is 58.6 Å². The van der Waals surface area contributed by atoms with Crippen molar-refractivity contribution in [2.45, 2.75) is 19.4 Å². The number of fused-ring (bicyclic) bond motifs is 2. The molecule has 1 saturated carbocycles. The van der Waals surface area contributed by atoms with E-state index in [9.17, 15) is 4.79 Å². The first kappa shape index (κ1) is 17.3. The summed E-state index contributed by atoms with van der Waals surface area (Å²) in [5.41, 5.74) is 1.93. The molecule has 10 nitrogen and oxygen atoms in total. The number of imidazole rings is 1. The Morgan fingerprint density at radius 2 is 1.97 bits per heavy atom. The molecular formula is C20H20N8O2. The topological polar surface area (TPSA) is 108 Å². The number of nitrogens with zero attached hydrogens (tertiary/aromatic N) is 8. The number of aromatic nitrogens is 7. The van der Waals surface area contributed by atoms with E-state index < -0.39 is 0 Å². The van der Waals surface area contributed by atoms with Crippen LogP contribution < -0.4 is 10.5 Å². The summed E-state index contributed by atoms with van der Waals surface area (Å²) < 4.78 is 8.58. The summed E-state index contributed by atoms with van der Waals surface area (Å²) in [6.45, 7) is 4.19. The molecule has 1 saturated heterocycles. The largest absolute Gasteiger partial charge is 0.356 e. The molecule has 0 spiro atoms. The number of piperidine rings is 1. The van der Waals surface area contributed by atoms with Crippen LogP contribution in [0.25, 0.3) is 11.2 Å². The van der Waals surface area contributed by atoms with Gasteiger partial charge < -0.3 is 14.0 Å². The van der Waals surface area contributed by atoms with Crippen LogP contribution >= 0.6 is 0 Å². The summed E-state index contributed by atoms with van der Waals surface area (Å²) in [7, 11) is 1.77. The zero-order chi connectivity index (χ0) is 20.4. The molecule has 0 bridgehead atoms. The van der Waals surface area contributed by atoms with Gasteiger partial charge in [0.05, 0.1) is 6.33 Å². The van der Waals surface area contributed by atoms with Gasteiger partial charge in [0.2, 0.25) is 5.89 Å². The molecule has 0 radical (unpaired) electrons. The van der Waals surface area contributed by atoms with Crippen molar-refractivity contribution in [2.75, 3.05) is 18.0 Å². The summed E-state index contributed by atoms with van der Waals surface area (Å²) in [5.74, 6) is 3.54. The minimum atomic E-state index is -0.177. The summed E-state index contributed by atoms with van der Waals surface area (Å²) in [6, 6.07) is 4.13. The minimum absolute atomic E-state index is 0.177. The Bertz CT molecular complexity index is 1310. The molecular weight excluding hydrogens is 384 g/mol. The lowest BCUT2D eigenvalue weighted by molar-refractivity contribution is 0.363. The van der Waals surface area contributed by atoms with Crippen molar-refractivity contribution in [3.63, 3.8) is 0 Å². The first-order valence-electron chi connectivity index (χ1n) is 9.95. The molecule has 0 aromatic carbocycles. The molecule has 5 heterocycles. The second-order valence-corrected chi connectivity index (χ2v) is 8.20. The summed E-state index contributed by atoms with van der Waals surface area (Å²) >= 11 is 0. The van der Waals surface area contributed by atoms with Crippen molar-refractivity contribution in [1.82, 2.24) is 34.2 Å². The molecule has 1 unspecified atom stereocenters. The van der Waals surface area contributed by atoms with Crippen LogP contribution in [0.3, 0.4) is 0 Å². The highest BCUT2D eigenvalue weighted by Gasteiger charge is 2.58. The lowest BCUT2D eigenvalue weighted by Gasteiger charge is -2.20. The molecule has 2 aliphatic rings. The van der Waals surface area contributed by atoms with E-state index in [1.54, 1.807) is 17.9 Å². The smallest absolute Gasteiger partial charge is 0.280 e. The van der Waals surface area contributed by atoms with Gasteiger partial charge in [-0.2, -0.15) is 4.98 Å². The van der Waals surface area contributed by atoms with E-state index >= 15 is 0 Å². The average Bonchev–Trinajstić information content (AvgIpc) is 3.16. The van der Waals surface area contributed by atoms with Gasteiger partial charge in [-0.15, -0.1) is 0 Å². The van der Waals surface area contributed by atoms with Gasteiger partial charge in [-0.25, -0.2) is 15.0 Å². The van der Waals surface area contributed by atoms with E-state index in [-0.39, 0.29) is 12.1 Å². The highest BCUT2D eigenvalue weighted by molar-refractivity contribution is 5.68. The molecule has 1 aliphatic carbocycles. The quantitative estimate of drug-likeness (QED) is 0.498. The van der Waals surface area contributed by atoms with Gasteiger partial charge in [0.15, 0.2) is 17.0 Å². The van der Waals surface area contributed by atoms with Gasteiger partial charge in [0.1, 0.15) is 18.7 Å². The van der Waals surface area contributed by atoms with Crippen LogP contribution in [-0.2, 0) is 13.6 Å². The van der Waals surface area contributed by atoms with E-state index in [1.165, 1.54) is 16.5 Å². The SMILES string of the molecule is Cc1ccnc(N2C[C@@H]3C(c4noc(Cn5cnc6ncn(C)c6c5=O)n4)[C@@H]3C2)c1. The normalized spacial score (nSPS) is 22.6. The molecule has 0 amide bonds. The summed E-state index contributed by atoms with van der Waals surface area (Å²) in [5, 5.41) is 4.19. The molecule has 4 aromatic heterocycles. The van der Waals surface area contributed by atoms with Gasteiger partial charge in [-0.3, -0.25) is 9.36 Å². The zero-order valence-electron chi connectivity index (χ0n) is 16.6. The van der Waals surface area contributed by atoms with Crippen molar-refractivity contribution in [2.24, 2.45) is 18.9 Å². The van der Waals surface area contributed by atoms with Crippen LogP contribution in [-0.4, -0.2) is 47.3 Å². The minimum Gasteiger partial charge on any atom is -0.356 e. The molecule has 0 N–H and O–H groups in total. The van der Waals surface area contributed by atoms with Gasteiger partial charge in [0.25, 0.3) is 5.56 Å². The van der Waals surface area contributed by atoms with Gasteiger partial charge in [-0.1, -0.05) is 5.16 Å². The number of rotatable bonds is 4. The first-order chi connectivity index (χ1) is 14.6. The highest BCUT2D eigenvalue weighted by atomic mass is 16.5. The molecule has 1 aliphatic heterocycles. The highest BCUT2D eigenvalue weighted by Crippen LogP contribution is 2.57. The van der Waals surface area contributed by atoms with Crippen LogP contribution in [0.2, 0.25) is 0 Å². The van der Waals surface area contributed by atoms with Crippen molar-refractivity contribution in [1.29, 1.82) is 0 Å². The third-order valence-corrected chi connectivity index (χ3v) is 6.21. The van der Waals surface area contributed by atoms with Crippen LogP contribution in [0.1, 0.15) is 23.2 Å². The molecule has 3 atom stereocenters. The number of anilines is 1. The fourth-order valence-electron chi connectivity index (χ4n) is 4.59. The third-order valence-electron chi connectivity index (χ3n) is 6.21. The average molecular weight is 404 g/mol. The third kappa shape index (κ3) is 2.63. The van der Waals surface area contributed by atoms with Crippen molar-refractivity contribution >= 4 is 17.0 Å². The van der Waals surface area contributed by atoms with Crippen LogP contribution in [0.15, 0.2) is 40.3 Å². The zero-order valence-corrected chi connectivity index (χ0v) is 16.6. The first-order valence-corrected chi connectivity index (χ1v) is 9.95. The van der Waals surface area contributed by atoms with Gasteiger partial charge >= 0.3 is 0 Å². The Balaban J connectivity index is 1.17. The van der Waals surface area contributed by atoms with E-state index in [0.29, 0.717) is 34.8 Å². The van der Waals surface area contributed by atoms with Crippen LogP contribution in [0.4, 0.5) is 5.82 Å². The Labute approximate surface area is 171 Å². The maximum absolute atomic E-state index is 12.7. The number of hydrogen-bond acceptors (Lipinski definition) is 8. The fraction of sp³-hybridized carbons (Fsp3) is 0.400. The van der Waals surface area contributed by atoms with Crippen LogP contribution in [0.5, 0.6) is 0 Å². The second-order valence-electron chi connectivity index (χ2n) is 8.20. The van der Waals surface area contributed by atoms with E-state index in [4.69, 9.17) is 4.52 Å². The van der Waals surface area contributed by atoms with Gasteiger partial charge in [-0.05, 0) is 36.5 Å². The maximum atomic E-state index is 12.7. The summed E-state index contributed by atoms with van der Waals surface area (Å²) in [4.78, 5) is 32.4. The lowest BCUT2D eigenvalue weighted by Crippen LogP contribution is -2.24. The predicted octanol–water partition coefficient (Wildman–Crippen LogP) is 1.11. The number of pyridine rings is 1. The fourth-order valence-corrected chi connectivity index (χ4v) is 4.59. The number of aryl methyl sites for hydroxylation is 2. The van der Waals surface area contributed by atoms with Crippen molar-refractivity contribution in [3.8, 4) is 0 Å². The van der Waals surface area contributed by atoms with Crippen LogP contribution in [0, 0.1) is 18.8 Å². The van der Waals surface area contributed by atoms with Crippen molar-refractivity contribution < 1.29 is 4.52 Å². The second kappa shape index (κ2) is 6.22. The Morgan fingerprint density at radius 1 is 1.17 bits per heavy atom. The standard InChI is InChI=1S/C20H20N8O2/c1-11-3-4-21-14(5-11)27-6-12-13(7-27)16(12)18-24-15(30-25-18)8-28-10-23-19-17(20(28)29)26(2)9-22-19/h3-5,9-10,12-13,16H,6-8H2,1-2H3/t12-,13+,16?. The summed E-state index contributed by atoms with van der Waals surface area (Å²) in [6.07, 6.45) is 4.91.